The number of methoxy groups -OCH3 is 2. The van der Waals surface area contributed by atoms with Gasteiger partial charge in [0.15, 0.2) is 5.78 Å². The number of ether oxygens (including phenoxy) is 2. The van der Waals surface area contributed by atoms with Crippen molar-refractivity contribution in [2.75, 3.05) is 19.5 Å². The number of nitrogens with one attached hydrogen (secondary N) is 1. The number of amides is 1. The van der Waals surface area contributed by atoms with Crippen molar-refractivity contribution in [1.82, 2.24) is 0 Å². The summed E-state index contributed by atoms with van der Waals surface area (Å²) in [5, 5.41) is 2.80. The molecule has 1 N–H and O–H groups in total. The van der Waals surface area contributed by atoms with Gasteiger partial charge in [0.05, 0.1) is 14.2 Å². The van der Waals surface area contributed by atoms with Crippen molar-refractivity contribution in [2.24, 2.45) is 0 Å². The minimum Gasteiger partial charge on any atom is -0.497 e. The second kappa shape index (κ2) is 8.71. The molecule has 0 bridgehead atoms. The third kappa shape index (κ3) is 4.88. The number of fused-ring (bicyclic) bond motifs is 1. The summed E-state index contributed by atoms with van der Waals surface area (Å²) in [6.07, 6.45) is 4.85. The summed E-state index contributed by atoms with van der Waals surface area (Å²) in [5.74, 6) is 0.975. The molecule has 0 atom stereocenters. The van der Waals surface area contributed by atoms with Gasteiger partial charge in [-0.05, 0) is 42.9 Å². The molecule has 0 unspecified atom stereocenters. The quantitative estimate of drug-likeness (QED) is 0.746. The van der Waals surface area contributed by atoms with Crippen molar-refractivity contribution < 1.29 is 19.1 Å². The predicted molar refractivity (Wildman–Crippen MR) is 105 cm³/mol. The number of anilines is 1. The second-order valence-electron chi connectivity index (χ2n) is 6.76. The Kier molecular flexibility index (Phi) is 6.12. The first-order valence-corrected chi connectivity index (χ1v) is 9.27. The second-order valence-corrected chi connectivity index (χ2v) is 6.76. The van der Waals surface area contributed by atoms with E-state index in [9.17, 15) is 9.59 Å². The molecular formula is C22H25NO4. The van der Waals surface area contributed by atoms with E-state index in [2.05, 4.69) is 11.4 Å². The summed E-state index contributed by atoms with van der Waals surface area (Å²) in [4.78, 5) is 24.7. The standard InChI is InChI=1S/C22H25NO4/c1-26-19-12-18(13-20(14-19)27-2)23-22(25)10-9-21(24)17-8-7-15-5-3-4-6-16(15)11-17/h7-8,11-14H,3-6,9-10H2,1-2H3,(H,23,25). The number of Topliss-reactive ketones (excluding diaryl/α,β-unsaturated/α-hetero) is 1. The van der Waals surface area contributed by atoms with Crippen LogP contribution in [0.2, 0.25) is 0 Å². The van der Waals surface area contributed by atoms with Gasteiger partial charge in [-0.25, -0.2) is 0 Å². The number of benzene rings is 2. The van der Waals surface area contributed by atoms with Crippen LogP contribution in [0.15, 0.2) is 36.4 Å². The van der Waals surface area contributed by atoms with Gasteiger partial charge in [-0.2, -0.15) is 0 Å². The molecule has 142 valence electrons. The highest BCUT2D eigenvalue weighted by atomic mass is 16.5. The monoisotopic (exact) mass is 367 g/mol. The molecule has 0 saturated heterocycles. The van der Waals surface area contributed by atoms with Crippen LogP contribution < -0.4 is 14.8 Å². The lowest BCUT2D eigenvalue weighted by atomic mass is 9.89. The lowest BCUT2D eigenvalue weighted by Gasteiger charge is -2.16. The molecule has 3 rings (SSSR count). The van der Waals surface area contributed by atoms with Crippen molar-refractivity contribution >= 4 is 17.4 Å². The lowest BCUT2D eigenvalue weighted by Crippen LogP contribution is -2.14. The Morgan fingerprint density at radius 3 is 2.22 bits per heavy atom. The van der Waals surface area contributed by atoms with E-state index < -0.39 is 0 Å². The molecule has 2 aromatic carbocycles. The molecule has 0 fully saturated rings. The molecule has 0 heterocycles. The van der Waals surface area contributed by atoms with Crippen molar-refractivity contribution in [3.63, 3.8) is 0 Å². The van der Waals surface area contributed by atoms with E-state index in [4.69, 9.17) is 9.47 Å². The maximum Gasteiger partial charge on any atom is 0.224 e. The van der Waals surface area contributed by atoms with Gasteiger partial charge in [-0.3, -0.25) is 9.59 Å². The fraction of sp³-hybridized carbons (Fsp3) is 0.364. The molecule has 2 aromatic rings. The third-order valence-electron chi connectivity index (χ3n) is 4.88. The normalized spacial score (nSPS) is 12.8. The zero-order chi connectivity index (χ0) is 19.2. The topological polar surface area (TPSA) is 64.6 Å². The van der Waals surface area contributed by atoms with Crippen LogP contribution >= 0.6 is 0 Å². The van der Waals surface area contributed by atoms with E-state index in [0.717, 1.165) is 12.8 Å². The van der Waals surface area contributed by atoms with Crippen LogP contribution in [0, 0.1) is 0 Å². The van der Waals surface area contributed by atoms with Gasteiger partial charge in [0, 0.05) is 42.3 Å². The molecular weight excluding hydrogens is 342 g/mol. The number of rotatable bonds is 7. The highest BCUT2D eigenvalue weighted by Crippen LogP contribution is 2.26. The highest BCUT2D eigenvalue weighted by molar-refractivity contribution is 6.00. The number of carbonyl (C=O) groups excluding carboxylic acids is 2. The summed E-state index contributed by atoms with van der Waals surface area (Å²) in [7, 11) is 3.11. The summed E-state index contributed by atoms with van der Waals surface area (Å²) in [6, 6.07) is 11.1. The molecule has 0 radical (unpaired) electrons. The van der Waals surface area contributed by atoms with Gasteiger partial charge < -0.3 is 14.8 Å². The van der Waals surface area contributed by atoms with Crippen LogP contribution in [0.1, 0.15) is 47.2 Å². The average Bonchev–Trinajstić information content (AvgIpc) is 2.71. The van der Waals surface area contributed by atoms with Gasteiger partial charge in [-0.1, -0.05) is 12.1 Å². The van der Waals surface area contributed by atoms with Crippen LogP contribution in [0.5, 0.6) is 11.5 Å². The number of carbonyl (C=O) groups is 2. The molecule has 0 aliphatic heterocycles. The molecule has 1 amide bonds. The number of hydrogen-bond donors (Lipinski definition) is 1. The maximum atomic E-state index is 12.5. The largest absolute Gasteiger partial charge is 0.497 e. The Morgan fingerprint density at radius 2 is 1.56 bits per heavy atom. The smallest absolute Gasteiger partial charge is 0.224 e. The first-order chi connectivity index (χ1) is 13.1. The molecule has 0 aromatic heterocycles. The lowest BCUT2D eigenvalue weighted by molar-refractivity contribution is -0.116. The van der Waals surface area contributed by atoms with Crippen molar-refractivity contribution in [3.8, 4) is 11.5 Å². The van der Waals surface area contributed by atoms with Crippen LogP contribution in [0.4, 0.5) is 5.69 Å². The Morgan fingerprint density at radius 1 is 0.889 bits per heavy atom. The minimum absolute atomic E-state index is 0.00162. The third-order valence-corrected chi connectivity index (χ3v) is 4.88. The fourth-order valence-corrected chi connectivity index (χ4v) is 3.38. The number of aryl methyl sites for hydroxylation is 2. The van der Waals surface area contributed by atoms with Gasteiger partial charge in [-0.15, -0.1) is 0 Å². The average molecular weight is 367 g/mol. The predicted octanol–water partition coefficient (Wildman–Crippen LogP) is 4.18. The van der Waals surface area contributed by atoms with Gasteiger partial charge >= 0.3 is 0 Å². The molecule has 27 heavy (non-hydrogen) atoms. The van der Waals surface area contributed by atoms with E-state index in [1.165, 1.54) is 24.0 Å². The molecule has 0 spiro atoms. The van der Waals surface area contributed by atoms with Crippen LogP contribution in [-0.4, -0.2) is 25.9 Å². The van der Waals surface area contributed by atoms with E-state index in [1.54, 1.807) is 32.4 Å². The fourth-order valence-electron chi connectivity index (χ4n) is 3.38. The highest BCUT2D eigenvalue weighted by Gasteiger charge is 2.14. The van der Waals surface area contributed by atoms with E-state index in [1.807, 2.05) is 12.1 Å². The molecule has 0 saturated carbocycles. The van der Waals surface area contributed by atoms with E-state index >= 15 is 0 Å². The van der Waals surface area contributed by atoms with Crippen LogP contribution in [0.3, 0.4) is 0 Å². The van der Waals surface area contributed by atoms with E-state index in [0.29, 0.717) is 22.7 Å². The minimum atomic E-state index is -0.211. The molecule has 5 heteroatoms. The van der Waals surface area contributed by atoms with Gasteiger partial charge in [0.2, 0.25) is 5.91 Å². The van der Waals surface area contributed by atoms with Gasteiger partial charge in [0.25, 0.3) is 0 Å². The molecule has 1 aliphatic rings. The Labute approximate surface area is 159 Å². The molecule has 1 aliphatic carbocycles. The van der Waals surface area contributed by atoms with Crippen molar-refractivity contribution in [3.05, 3.63) is 53.1 Å². The summed E-state index contributed by atoms with van der Waals surface area (Å²) < 4.78 is 10.4. The Hall–Kier alpha value is -2.82. The molecule has 5 nitrogen and oxygen atoms in total. The number of hydrogen-bond acceptors (Lipinski definition) is 4. The zero-order valence-electron chi connectivity index (χ0n) is 15.8. The first kappa shape index (κ1) is 19.0. The van der Waals surface area contributed by atoms with Crippen molar-refractivity contribution in [1.29, 1.82) is 0 Å². The summed E-state index contributed by atoms with van der Waals surface area (Å²) >= 11 is 0. The summed E-state index contributed by atoms with van der Waals surface area (Å²) in [6.45, 7) is 0. The van der Waals surface area contributed by atoms with Crippen molar-refractivity contribution in [2.45, 2.75) is 38.5 Å². The zero-order valence-corrected chi connectivity index (χ0v) is 15.8. The Bertz CT molecular complexity index is 822. The van der Waals surface area contributed by atoms with Crippen LogP contribution in [-0.2, 0) is 17.6 Å². The first-order valence-electron chi connectivity index (χ1n) is 9.27. The Balaban J connectivity index is 1.58. The van der Waals surface area contributed by atoms with Crippen LogP contribution in [0.25, 0.3) is 0 Å². The maximum absolute atomic E-state index is 12.5. The SMILES string of the molecule is COc1cc(NC(=O)CCC(=O)c2ccc3c(c2)CCCC3)cc(OC)c1. The van der Waals surface area contributed by atoms with E-state index in [-0.39, 0.29) is 24.5 Å². The summed E-state index contributed by atoms with van der Waals surface area (Å²) in [5.41, 5.74) is 3.91. The number of ketones is 1. The van der Waals surface area contributed by atoms with Gasteiger partial charge in [0.1, 0.15) is 11.5 Å².